The van der Waals surface area contributed by atoms with E-state index in [-0.39, 0.29) is 0 Å². The van der Waals surface area contributed by atoms with Crippen LogP contribution in [0, 0.1) is 0 Å². The molecule has 0 bridgehead atoms. The van der Waals surface area contributed by atoms with Crippen LogP contribution in [0.5, 0.6) is 0 Å². The van der Waals surface area contributed by atoms with Crippen molar-refractivity contribution in [2.75, 3.05) is 13.6 Å². The summed E-state index contributed by atoms with van der Waals surface area (Å²) in [5.41, 5.74) is 3.46. The van der Waals surface area contributed by atoms with Gasteiger partial charge < -0.3 is 9.32 Å². The average Bonchev–Trinajstić information content (AvgIpc) is 2.56. The SMILES string of the molecule is C=CCc1oc2ccc(Cl)c3c2c1CN(C)CC3. The Kier molecular flexibility index (Phi) is 2.92. The molecule has 0 amide bonds. The van der Waals surface area contributed by atoms with Crippen molar-refractivity contribution in [3.8, 4) is 0 Å². The molecule has 3 heteroatoms. The van der Waals surface area contributed by atoms with Gasteiger partial charge in [-0.25, -0.2) is 0 Å². The first-order chi connectivity index (χ1) is 8.70. The van der Waals surface area contributed by atoms with E-state index in [1.165, 1.54) is 16.5 Å². The summed E-state index contributed by atoms with van der Waals surface area (Å²) < 4.78 is 5.95. The summed E-state index contributed by atoms with van der Waals surface area (Å²) in [4.78, 5) is 2.31. The molecular formula is C15H16ClNO. The first-order valence-corrected chi connectivity index (χ1v) is 6.59. The number of benzene rings is 1. The van der Waals surface area contributed by atoms with Gasteiger partial charge in [0, 0.05) is 35.5 Å². The van der Waals surface area contributed by atoms with E-state index in [0.29, 0.717) is 0 Å². The van der Waals surface area contributed by atoms with Crippen molar-refractivity contribution in [3.05, 3.63) is 46.7 Å². The van der Waals surface area contributed by atoms with Gasteiger partial charge in [-0.2, -0.15) is 0 Å². The third-order valence-electron chi connectivity index (χ3n) is 3.59. The molecule has 0 radical (unpaired) electrons. The number of nitrogens with zero attached hydrogens (tertiary/aromatic N) is 1. The van der Waals surface area contributed by atoms with Crippen LogP contribution in [-0.2, 0) is 19.4 Å². The minimum atomic E-state index is 0.773. The molecule has 94 valence electrons. The van der Waals surface area contributed by atoms with Gasteiger partial charge in [-0.15, -0.1) is 6.58 Å². The highest BCUT2D eigenvalue weighted by molar-refractivity contribution is 6.32. The summed E-state index contributed by atoms with van der Waals surface area (Å²) in [6.07, 6.45) is 3.64. The molecule has 0 unspecified atom stereocenters. The molecule has 2 nitrogen and oxygen atoms in total. The van der Waals surface area contributed by atoms with Crippen molar-refractivity contribution in [2.24, 2.45) is 0 Å². The van der Waals surface area contributed by atoms with Crippen LogP contribution in [0.3, 0.4) is 0 Å². The van der Waals surface area contributed by atoms with E-state index >= 15 is 0 Å². The van der Waals surface area contributed by atoms with Crippen molar-refractivity contribution >= 4 is 22.6 Å². The minimum Gasteiger partial charge on any atom is -0.460 e. The zero-order chi connectivity index (χ0) is 12.7. The van der Waals surface area contributed by atoms with Crippen LogP contribution in [-0.4, -0.2) is 18.5 Å². The lowest BCUT2D eigenvalue weighted by atomic mass is 10.0. The topological polar surface area (TPSA) is 16.4 Å². The largest absolute Gasteiger partial charge is 0.460 e. The molecule has 1 aliphatic rings. The Morgan fingerprint density at radius 3 is 3.06 bits per heavy atom. The maximum Gasteiger partial charge on any atom is 0.135 e. The summed E-state index contributed by atoms with van der Waals surface area (Å²) in [5, 5.41) is 2.08. The smallest absolute Gasteiger partial charge is 0.135 e. The third-order valence-corrected chi connectivity index (χ3v) is 3.94. The van der Waals surface area contributed by atoms with Gasteiger partial charge in [-0.3, -0.25) is 0 Å². The van der Waals surface area contributed by atoms with E-state index < -0.39 is 0 Å². The standard InChI is InChI=1S/C15H16ClNO/c1-3-4-13-11-9-17(2)8-7-10-12(16)5-6-14(18-13)15(10)11/h3,5-6H,1,4,7-9H2,2H3. The van der Waals surface area contributed by atoms with E-state index in [9.17, 15) is 0 Å². The predicted molar refractivity (Wildman–Crippen MR) is 75.2 cm³/mol. The van der Waals surface area contributed by atoms with E-state index in [1.54, 1.807) is 0 Å². The quantitative estimate of drug-likeness (QED) is 0.765. The maximum atomic E-state index is 6.34. The van der Waals surface area contributed by atoms with Crippen LogP contribution < -0.4 is 0 Å². The summed E-state index contributed by atoms with van der Waals surface area (Å²) >= 11 is 6.34. The summed E-state index contributed by atoms with van der Waals surface area (Å²) in [6, 6.07) is 3.91. The highest BCUT2D eigenvalue weighted by Gasteiger charge is 2.22. The molecule has 3 rings (SSSR count). The van der Waals surface area contributed by atoms with E-state index in [4.69, 9.17) is 16.0 Å². The molecule has 2 heterocycles. The molecular weight excluding hydrogens is 246 g/mol. The zero-order valence-electron chi connectivity index (χ0n) is 10.5. The lowest BCUT2D eigenvalue weighted by Crippen LogP contribution is -2.19. The molecule has 18 heavy (non-hydrogen) atoms. The number of hydrogen-bond acceptors (Lipinski definition) is 2. The Morgan fingerprint density at radius 2 is 2.28 bits per heavy atom. The number of furan rings is 1. The van der Waals surface area contributed by atoms with Gasteiger partial charge >= 0.3 is 0 Å². The second kappa shape index (κ2) is 4.45. The Balaban J connectivity index is 2.31. The number of hydrogen-bond donors (Lipinski definition) is 0. The van der Waals surface area contributed by atoms with Crippen molar-refractivity contribution < 1.29 is 4.42 Å². The number of halogens is 1. The van der Waals surface area contributed by atoms with Gasteiger partial charge in [-0.1, -0.05) is 17.7 Å². The number of rotatable bonds is 2. The van der Waals surface area contributed by atoms with Gasteiger partial charge in [0.25, 0.3) is 0 Å². The maximum absolute atomic E-state index is 6.34. The van der Waals surface area contributed by atoms with Crippen molar-refractivity contribution in [2.45, 2.75) is 19.4 Å². The highest BCUT2D eigenvalue weighted by Crippen LogP contribution is 2.36. The lowest BCUT2D eigenvalue weighted by Gasteiger charge is -2.13. The van der Waals surface area contributed by atoms with Gasteiger partial charge in [-0.05, 0) is 31.2 Å². The lowest BCUT2D eigenvalue weighted by molar-refractivity contribution is 0.332. The molecule has 0 aliphatic carbocycles. The molecule has 2 aromatic rings. The normalized spacial score (nSPS) is 15.9. The molecule has 0 fully saturated rings. The molecule has 1 aliphatic heterocycles. The van der Waals surface area contributed by atoms with Crippen LogP contribution >= 0.6 is 11.6 Å². The van der Waals surface area contributed by atoms with Gasteiger partial charge in [0.15, 0.2) is 0 Å². The molecule has 0 spiro atoms. The van der Waals surface area contributed by atoms with Crippen molar-refractivity contribution in [3.63, 3.8) is 0 Å². The fourth-order valence-corrected chi connectivity index (χ4v) is 2.96. The third kappa shape index (κ3) is 1.76. The molecule has 0 saturated heterocycles. The minimum absolute atomic E-state index is 0.773. The second-order valence-electron chi connectivity index (χ2n) is 4.88. The first-order valence-electron chi connectivity index (χ1n) is 6.21. The van der Waals surface area contributed by atoms with Crippen molar-refractivity contribution in [1.29, 1.82) is 0 Å². The fourth-order valence-electron chi connectivity index (χ4n) is 2.71. The Bertz CT molecular complexity index is 614. The Labute approximate surface area is 112 Å². The average molecular weight is 262 g/mol. The van der Waals surface area contributed by atoms with Crippen LogP contribution in [0.2, 0.25) is 5.02 Å². The van der Waals surface area contributed by atoms with E-state index in [1.807, 2.05) is 18.2 Å². The van der Waals surface area contributed by atoms with E-state index in [2.05, 4.69) is 18.5 Å². The van der Waals surface area contributed by atoms with Gasteiger partial charge in [0.2, 0.25) is 0 Å². The summed E-state index contributed by atoms with van der Waals surface area (Å²) in [5.74, 6) is 1.03. The molecule has 0 atom stereocenters. The number of allylic oxidation sites excluding steroid dienone is 1. The van der Waals surface area contributed by atoms with Crippen LogP contribution in [0.15, 0.2) is 29.2 Å². The monoisotopic (exact) mass is 261 g/mol. The van der Waals surface area contributed by atoms with E-state index in [0.717, 1.165) is 42.3 Å². The van der Waals surface area contributed by atoms with Crippen LogP contribution in [0.25, 0.3) is 11.0 Å². The highest BCUT2D eigenvalue weighted by atomic mass is 35.5. The first kappa shape index (κ1) is 11.8. The fraction of sp³-hybridized carbons (Fsp3) is 0.333. The predicted octanol–water partition coefficient (Wildman–Crippen LogP) is 3.80. The molecule has 1 aromatic heterocycles. The number of likely N-dealkylation sites (N-methyl/N-ethyl adjacent to an activating group) is 1. The molecule has 1 aromatic carbocycles. The molecule has 0 N–H and O–H groups in total. The van der Waals surface area contributed by atoms with Gasteiger partial charge in [0.1, 0.15) is 11.3 Å². The van der Waals surface area contributed by atoms with Crippen molar-refractivity contribution in [1.82, 2.24) is 4.90 Å². The summed E-state index contributed by atoms with van der Waals surface area (Å²) in [6.45, 7) is 5.75. The zero-order valence-corrected chi connectivity index (χ0v) is 11.3. The Morgan fingerprint density at radius 1 is 1.44 bits per heavy atom. The van der Waals surface area contributed by atoms with Crippen LogP contribution in [0.4, 0.5) is 0 Å². The van der Waals surface area contributed by atoms with Gasteiger partial charge in [0.05, 0.1) is 0 Å². The van der Waals surface area contributed by atoms with Crippen LogP contribution in [0.1, 0.15) is 16.9 Å². The molecule has 0 saturated carbocycles. The second-order valence-corrected chi connectivity index (χ2v) is 5.29. The Hall–Kier alpha value is -1.25. The summed E-state index contributed by atoms with van der Waals surface area (Å²) in [7, 11) is 2.14.